The summed E-state index contributed by atoms with van der Waals surface area (Å²) in [5.74, 6) is -0.744. The first-order chi connectivity index (χ1) is 8.60. The molecule has 0 spiro atoms. The average Bonchev–Trinajstić information content (AvgIpc) is 2.60. The minimum atomic E-state index is -0.372. The fraction of sp³-hybridized carbons (Fsp3) is 0.385. The van der Waals surface area contributed by atoms with Gasteiger partial charge >= 0.3 is 0 Å². The predicted molar refractivity (Wildman–Crippen MR) is 66.8 cm³/mol. The van der Waals surface area contributed by atoms with Crippen LogP contribution >= 0.6 is 0 Å². The molecule has 98 valence electrons. The summed E-state index contributed by atoms with van der Waals surface area (Å²) in [6.07, 6.45) is 2.39. The van der Waals surface area contributed by atoms with Crippen LogP contribution < -0.4 is 0 Å². The van der Waals surface area contributed by atoms with Crippen LogP contribution in [0.1, 0.15) is 0 Å². The first-order valence-electron chi connectivity index (χ1n) is 5.47. The maximum absolute atomic E-state index is 12.0. The van der Waals surface area contributed by atoms with Crippen LogP contribution in [0.5, 0.6) is 0 Å². The van der Waals surface area contributed by atoms with Gasteiger partial charge < -0.3 is 9.47 Å². The molecule has 0 radical (unpaired) electrons. The van der Waals surface area contributed by atoms with Crippen molar-refractivity contribution in [3.8, 4) is 0 Å². The normalized spacial score (nSPS) is 17.3. The second-order valence-electron chi connectivity index (χ2n) is 3.77. The molecule has 1 aliphatic heterocycles. The lowest BCUT2D eigenvalue weighted by atomic mass is 10.1. The molecule has 5 nitrogen and oxygen atoms in total. The van der Waals surface area contributed by atoms with E-state index in [1.54, 1.807) is 0 Å². The highest BCUT2D eigenvalue weighted by Gasteiger charge is 2.36. The molecule has 0 aromatic carbocycles. The second-order valence-corrected chi connectivity index (χ2v) is 3.77. The molecular formula is C13H17NO4. The molecule has 1 rings (SSSR count). The lowest BCUT2D eigenvalue weighted by molar-refractivity contribution is -0.139. The monoisotopic (exact) mass is 251 g/mol. The van der Waals surface area contributed by atoms with E-state index < -0.39 is 0 Å². The largest absolute Gasteiger partial charge is 0.382 e. The highest BCUT2D eigenvalue weighted by molar-refractivity contribution is 6.21. The Balaban J connectivity index is 2.89. The van der Waals surface area contributed by atoms with Crippen LogP contribution in [0.4, 0.5) is 0 Å². The summed E-state index contributed by atoms with van der Waals surface area (Å²) in [5, 5.41) is 0. The topological polar surface area (TPSA) is 55.8 Å². The fourth-order valence-corrected chi connectivity index (χ4v) is 1.76. The Morgan fingerprint density at radius 1 is 1.17 bits per heavy atom. The Bertz CT molecular complexity index is 381. The molecule has 1 unspecified atom stereocenters. The van der Waals surface area contributed by atoms with Gasteiger partial charge in [0.05, 0.1) is 30.4 Å². The molecule has 18 heavy (non-hydrogen) atoms. The molecule has 0 bridgehead atoms. The van der Waals surface area contributed by atoms with E-state index in [9.17, 15) is 9.59 Å². The van der Waals surface area contributed by atoms with Crippen molar-refractivity contribution in [2.45, 2.75) is 6.10 Å². The summed E-state index contributed by atoms with van der Waals surface area (Å²) in [5.41, 5.74) is 0.560. The van der Waals surface area contributed by atoms with Gasteiger partial charge in [-0.15, -0.1) is 0 Å². The van der Waals surface area contributed by atoms with Crippen LogP contribution in [0.3, 0.4) is 0 Å². The van der Waals surface area contributed by atoms with E-state index in [1.165, 1.54) is 26.4 Å². The second kappa shape index (κ2) is 6.28. The number of hydrogen-bond donors (Lipinski definition) is 0. The molecular weight excluding hydrogens is 234 g/mol. The third-order valence-corrected chi connectivity index (χ3v) is 2.72. The number of amides is 2. The van der Waals surface area contributed by atoms with Crippen LogP contribution in [0, 0.1) is 0 Å². The standard InChI is InChI=1S/C13H17NO4/c1-5-10-11(6-2)13(16)14(12(10)15)7-9(18-4)8-17-3/h5-6,9H,1-2,7-8H2,3-4H3. The highest BCUT2D eigenvalue weighted by atomic mass is 16.5. The van der Waals surface area contributed by atoms with Crippen molar-refractivity contribution in [1.82, 2.24) is 4.90 Å². The maximum atomic E-state index is 12.0. The predicted octanol–water partition coefficient (Wildman–Crippen LogP) is 0.685. The molecule has 1 aliphatic rings. The fourth-order valence-electron chi connectivity index (χ4n) is 1.76. The molecule has 0 saturated heterocycles. The van der Waals surface area contributed by atoms with Crippen LogP contribution in [0.2, 0.25) is 0 Å². The number of rotatable bonds is 7. The Hall–Kier alpha value is -1.72. The van der Waals surface area contributed by atoms with Gasteiger partial charge in [0.1, 0.15) is 0 Å². The molecule has 1 atom stereocenters. The zero-order valence-corrected chi connectivity index (χ0v) is 10.6. The zero-order chi connectivity index (χ0) is 13.7. The Morgan fingerprint density at radius 2 is 1.67 bits per heavy atom. The van der Waals surface area contributed by atoms with Gasteiger partial charge in [0.15, 0.2) is 0 Å². The zero-order valence-electron chi connectivity index (χ0n) is 10.6. The average molecular weight is 251 g/mol. The summed E-state index contributed by atoms with van der Waals surface area (Å²) < 4.78 is 10.1. The summed E-state index contributed by atoms with van der Waals surface area (Å²) in [4.78, 5) is 25.1. The molecule has 1 heterocycles. The minimum Gasteiger partial charge on any atom is -0.382 e. The van der Waals surface area contributed by atoms with Gasteiger partial charge in [-0.1, -0.05) is 25.3 Å². The van der Waals surface area contributed by atoms with Crippen LogP contribution in [0.15, 0.2) is 36.5 Å². The van der Waals surface area contributed by atoms with E-state index in [2.05, 4.69) is 13.2 Å². The molecule has 0 aromatic heterocycles. The van der Waals surface area contributed by atoms with Gasteiger partial charge in [-0.25, -0.2) is 0 Å². The SMILES string of the molecule is C=CC1=C(C=C)C(=O)N(CC(COC)OC)C1=O. The van der Waals surface area contributed by atoms with Crippen molar-refractivity contribution in [1.29, 1.82) is 0 Å². The lowest BCUT2D eigenvalue weighted by Crippen LogP contribution is -2.40. The molecule has 0 fully saturated rings. The van der Waals surface area contributed by atoms with E-state index in [0.717, 1.165) is 4.90 Å². The lowest BCUT2D eigenvalue weighted by Gasteiger charge is -2.21. The number of nitrogens with zero attached hydrogens (tertiary/aromatic N) is 1. The Labute approximate surface area is 106 Å². The van der Waals surface area contributed by atoms with Gasteiger partial charge in [0.2, 0.25) is 0 Å². The summed E-state index contributed by atoms with van der Waals surface area (Å²) in [6.45, 7) is 7.52. The van der Waals surface area contributed by atoms with Gasteiger partial charge in [-0.05, 0) is 0 Å². The molecule has 0 aromatic rings. The van der Waals surface area contributed by atoms with Gasteiger partial charge in [0, 0.05) is 14.2 Å². The summed E-state index contributed by atoms with van der Waals surface area (Å²) in [7, 11) is 3.03. The molecule has 2 amide bonds. The number of carbonyl (C=O) groups is 2. The van der Waals surface area contributed by atoms with Crippen molar-refractivity contribution in [3.63, 3.8) is 0 Å². The minimum absolute atomic E-state index is 0.149. The third kappa shape index (κ3) is 2.57. The molecule has 0 N–H and O–H groups in total. The smallest absolute Gasteiger partial charge is 0.261 e. The van der Waals surface area contributed by atoms with Gasteiger partial charge in [-0.3, -0.25) is 14.5 Å². The number of hydrogen-bond acceptors (Lipinski definition) is 4. The van der Waals surface area contributed by atoms with Crippen LogP contribution in [-0.4, -0.2) is 50.2 Å². The maximum Gasteiger partial charge on any atom is 0.261 e. The van der Waals surface area contributed by atoms with E-state index >= 15 is 0 Å². The van der Waals surface area contributed by atoms with Crippen LogP contribution in [0.25, 0.3) is 0 Å². The van der Waals surface area contributed by atoms with E-state index in [-0.39, 0.29) is 35.6 Å². The van der Waals surface area contributed by atoms with Crippen molar-refractivity contribution >= 4 is 11.8 Å². The summed E-state index contributed by atoms with van der Waals surface area (Å²) >= 11 is 0. The van der Waals surface area contributed by atoms with Crippen molar-refractivity contribution in [3.05, 3.63) is 36.5 Å². The highest BCUT2D eigenvalue weighted by Crippen LogP contribution is 2.22. The Kier molecular flexibility index (Phi) is 5.00. The number of ether oxygens (including phenoxy) is 2. The van der Waals surface area contributed by atoms with Crippen molar-refractivity contribution in [2.24, 2.45) is 0 Å². The summed E-state index contributed by atoms with van der Waals surface area (Å²) in [6, 6.07) is 0. The molecule has 0 saturated carbocycles. The number of methoxy groups -OCH3 is 2. The Morgan fingerprint density at radius 3 is 2.00 bits per heavy atom. The first kappa shape index (κ1) is 14.3. The number of imide groups is 1. The quantitative estimate of drug-likeness (QED) is 0.624. The van der Waals surface area contributed by atoms with Crippen molar-refractivity contribution in [2.75, 3.05) is 27.4 Å². The van der Waals surface area contributed by atoms with Gasteiger partial charge in [-0.2, -0.15) is 0 Å². The number of carbonyl (C=O) groups excluding carboxylic acids is 2. The molecule has 5 heteroatoms. The van der Waals surface area contributed by atoms with Crippen molar-refractivity contribution < 1.29 is 19.1 Å². The first-order valence-corrected chi connectivity index (χ1v) is 5.47. The van der Waals surface area contributed by atoms with E-state index in [1.807, 2.05) is 0 Å². The third-order valence-electron chi connectivity index (χ3n) is 2.72. The molecule has 0 aliphatic carbocycles. The van der Waals surface area contributed by atoms with Crippen LogP contribution in [-0.2, 0) is 19.1 Å². The van der Waals surface area contributed by atoms with E-state index in [4.69, 9.17) is 9.47 Å². The van der Waals surface area contributed by atoms with Gasteiger partial charge in [0.25, 0.3) is 11.8 Å². The van der Waals surface area contributed by atoms with E-state index in [0.29, 0.717) is 6.61 Å².